The van der Waals surface area contributed by atoms with Crippen molar-refractivity contribution >= 4 is 6.08 Å². The van der Waals surface area contributed by atoms with Gasteiger partial charge in [0.15, 0.2) is 0 Å². The molecule has 0 aliphatic rings. The zero-order valence-corrected chi connectivity index (χ0v) is 7.35. The first-order chi connectivity index (χ1) is 6.95. The summed E-state index contributed by atoms with van der Waals surface area (Å²) in [6.07, 6.45) is -2.73. The fourth-order valence-corrected chi connectivity index (χ4v) is 1.05. The predicted octanol–water partition coefficient (Wildman–Crippen LogP) is 3.38. The number of alkyl halides is 3. The van der Waals surface area contributed by atoms with E-state index in [4.69, 9.17) is 5.26 Å². The maximum Gasteiger partial charge on any atom is 0.417 e. The van der Waals surface area contributed by atoms with Crippen LogP contribution in [0.5, 0.6) is 0 Å². The van der Waals surface area contributed by atoms with Gasteiger partial charge in [0, 0.05) is 6.08 Å². The summed E-state index contributed by atoms with van der Waals surface area (Å²) in [6.45, 7) is 0. The van der Waals surface area contributed by atoms with Crippen LogP contribution in [0.4, 0.5) is 17.6 Å². The number of hydrogen-bond acceptors (Lipinski definition) is 1. The summed E-state index contributed by atoms with van der Waals surface area (Å²) < 4.78 is 49.7. The third kappa shape index (κ3) is 2.81. The SMILES string of the molecule is N#CC=Cc1ccc(F)cc1C(F)(F)F. The molecule has 0 aromatic heterocycles. The molecule has 0 radical (unpaired) electrons. The van der Waals surface area contributed by atoms with Crippen LogP contribution in [0, 0.1) is 17.1 Å². The highest BCUT2D eigenvalue weighted by Gasteiger charge is 2.33. The number of hydrogen-bond donors (Lipinski definition) is 0. The summed E-state index contributed by atoms with van der Waals surface area (Å²) in [5.74, 6) is -0.962. The summed E-state index contributed by atoms with van der Waals surface area (Å²) >= 11 is 0. The van der Waals surface area contributed by atoms with Gasteiger partial charge in [-0.15, -0.1) is 0 Å². The van der Waals surface area contributed by atoms with Crippen molar-refractivity contribution in [3.05, 3.63) is 41.2 Å². The Hall–Kier alpha value is -1.83. The van der Waals surface area contributed by atoms with Gasteiger partial charge in [-0.1, -0.05) is 6.07 Å². The van der Waals surface area contributed by atoms with Gasteiger partial charge in [0.25, 0.3) is 0 Å². The van der Waals surface area contributed by atoms with Gasteiger partial charge in [0.05, 0.1) is 11.6 Å². The van der Waals surface area contributed by atoms with Gasteiger partial charge in [-0.3, -0.25) is 0 Å². The summed E-state index contributed by atoms with van der Waals surface area (Å²) in [5.41, 5.74) is -1.32. The standard InChI is InChI=1S/C10H5F4N/c11-8-4-3-7(2-1-5-15)9(6-8)10(12,13)14/h1-4,6H. The number of allylic oxidation sites excluding steroid dienone is 1. The lowest BCUT2D eigenvalue weighted by molar-refractivity contribution is -0.137. The number of nitriles is 1. The first-order valence-corrected chi connectivity index (χ1v) is 3.88. The van der Waals surface area contributed by atoms with E-state index in [1.54, 1.807) is 6.07 Å². The maximum atomic E-state index is 12.6. The molecule has 0 saturated carbocycles. The van der Waals surface area contributed by atoms with Crippen molar-refractivity contribution in [3.63, 3.8) is 0 Å². The van der Waals surface area contributed by atoms with Crippen molar-refractivity contribution in [2.24, 2.45) is 0 Å². The molecule has 0 aliphatic carbocycles. The van der Waals surface area contributed by atoms with Crippen molar-refractivity contribution in [2.75, 3.05) is 0 Å². The Kier molecular flexibility index (Phi) is 3.10. The number of nitrogens with zero attached hydrogens (tertiary/aromatic N) is 1. The second-order valence-electron chi connectivity index (χ2n) is 2.69. The van der Waals surface area contributed by atoms with Crippen LogP contribution in [0.3, 0.4) is 0 Å². The molecule has 0 saturated heterocycles. The highest BCUT2D eigenvalue weighted by atomic mass is 19.4. The van der Waals surface area contributed by atoms with Gasteiger partial charge in [-0.2, -0.15) is 18.4 Å². The molecular weight excluding hydrogens is 210 g/mol. The fraction of sp³-hybridized carbons (Fsp3) is 0.100. The van der Waals surface area contributed by atoms with E-state index in [0.717, 1.165) is 24.3 Å². The molecule has 0 atom stereocenters. The molecule has 15 heavy (non-hydrogen) atoms. The van der Waals surface area contributed by atoms with Crippen LogP contribution in [-0.4, -0.2) is 0 Å². The van der Waals surface area contributed by atoms with Crippen LogP contribution < -0.4 is 0 Å². The lowest BCUT2D eigenvalue weighted by Gasteiger charge is -2.09. The van der Waals surface area contributed by atoms with Gasteiger partial charge in [0.2, 0.25) is 0 Å². The van der Waals surface area contributed by atoms with Crippen LogP contribution >= 0.6 is 0 Å². The normalized spacial score (nSPS) is 11.7. The van der Waals surface area contributed by atoms with E-state index in [-0.39, 0.29) is 5.56 Å². The van der Waals surface area contributed by atoms with Crippen molar-refractivity contribution in [1.82, 2.24) is 0 Å². The summed E-state index contributed by atoms with van der Waals surface area (Å²) in [7, 11) is 0. The van der Waals surface area contributed by atoms with Gasteiger partial charge >= 0.3 is 6.18 Å². The lowest BCUT2D eigenvalue weighted by atomic mass is 10.1. The Morgan fingerprint density at radius 2 is 1.93 bits per heavy atom. The maximum absolute atomic E-state index is 12.6. The molecule has 1 aromatic carbocycles. The van der Waals surface area contributed by atoms with E-state index in [0.29, 0.717) is 6.07 Å². The van der Waals surface area contributed by atoms with Crippen LogP contribution in [0.15, 0.2) is 24.3 Å². The third-order valence-corrected chi connectivity index (χ3v) is 1.66. The molecule has 1 aromatic rings. The molecule has 1 nitrogen and oxygen atoms in total. The molecule has 1 rings (SSSR count). The molecule has 5 heteroatoms. The molecule has 0 aliphatic heterocycles. The molecule has 0 amide bonds. The smallest absolute Gasteiger partial charge is 0.207 e. The minimum Gasteiger partial charge on any atom is -0.207 e. The van der Waals surface area contributed by atoms with Crippen LogP contribution in [0.2, 0.25) is 0 Å². The largest absolute Gasteiger partial charge is 0.417 e. The molecule has 0 fully saturated rings. The van der Waals surface area contributed by atoms with E-state index in [1.165, 1.54) is 0 Å². The Morgan fingerprint density at radius 3 is 2.47 bits per heavy atom. The summed E-state index contributed by atoms with van der Waals surface area (Å²) in [5, 5.41) is 8.18. The minimum atomic E-state index is -4.63. The quantitative estimate of drug-likeness (QED) is 0.520. The molecule has 0 spiro atoms. The second kappa shape index (κ2) is 4.13. The predicted molar refractivity (Wildman–Crippen MR) is 46.0 cm³/mol. The third-order valence-electron chi connectivity index (χ3n) is 1.66. The second-order valence-corrected chi connectivity index (χ2v) is 2.69. The van der Waals surface area contributed by atoms with E-state index >= 15 is 0 Å². The topological polar surface area (TPSA) is 23.8 Å². The van der Waals surface area contributed by atoms with Crippen LogP contribution in [0.25, 0.3) is 6.08 Å². The number of rotatable bonds is 1. The van der Waals surface area contributed by atoms with Crippen LogP contribution in [0.1, 0.15) is 11.1 Å². The molecule has 0 unspecified atom stereocenters. The molecular formula is C10H5F4N. The number of benzene rings is 1. The molecule has 0 N–H and O–H groups in total. The first kappa shape index (κ1) is 11.2. The molecule has 0 heterocycles. The van der Waals surface area contributed by atoms with Gasteiger partial charge < -0.3 is 0 Å². The van der Waals surface area contributed by atoms with E-state index < -0.39 is 17.6 Å². The minimum absolute atomic E-state index is 0.231. The van der Waals surface area contributed by atoms with Crippen molar-refractivity contribution in [3.8, 4) is 6.07 Å². The fourth-order valence-electron chi connectivity index (χ4n) is 1.05. The summed E-state index contributed by atoms with van der Waals surface area (Å²) in [4.78, 5) is 0. The van der Waals surface area contributed by atoms with Crippen molar-refractivity contribution < 1.29 is 17.6 Å². The van der Waals surface area contributed by atoms with E-state index in [1.807, 2.05) is 0 Å². The molecule has 78 valence electrons. The van der Waals surface area contributed by atoms with Crippen molar-refractivity contribution in [2.45, 2.75) is 6.18 Å². The average molecular weight is 215 g/mol. The highest BCUT2D eigenvalue weighted by molar-refractivity contribution is 5.56. The Bertz CT molecular complexity index is 426. The van der Waals surface area contributed by atoms with E-state index in [2.05, 4.69) is 0 Å². The number of halogens is 4. The zero-order valence-electron chi connectivity index (χ0n) is 7.35. The Labute approximate surface area is 83.3 Å². The van der Waals surface area contributed by atoms with Gasteiger partial charge in [-0.05, 0) is 23.8 Å². The Balaban J connectivity index is 3.28. The Morgan fingerprint density at radius 1 is 1.27 bits per heavy atom. The average Bonchev–Trinajstić information content (AvgIpc) is 2.14. The van der Waals surface area contributed by atoms with E-state index in [9.17, 15) is 17.6 Å². The highest BCUT2D eigenvalue weighted by Crippen LogP contribution is 2.33. The van der Waals surface area contributed by atoms with Crippen LogP contribution in [-0.2, 0) is 6.18 Å². The lowest BCUT2D eigenvalue weighted by Crippen LogP contribution is -2.07. The molecule has 0 bridgehead atoms. The zero-order chi connectivity index (χ0) is 11.5. The van der Waals surface area contributed by atoms with Gasteiger partial charge in [-0.25, -0.2) is 4.39 Å². The first-order valence-electron chi connectivity index (χ1n) is 3.88. The van der Waals surface area contributed by atoms with Gasteiger partial charge in [0.1, 0.15) is 5.82 Å². The monoisotopic (exact) mass is 215 g/mol. The summed E-state index contributed by atoms with van der Waals surface area (Å²) in [6, 6.07) is 3.85. The van der Waals surface area contributed by atoms with Crippen molar-refractivity contribution in [1.29, 1.82) is 5.26 Å².